The maximum absolute atomic E-state index is 12.3. The van der Waals surface area contributed by atoms with Crippen LogP contribution in [0.3, 0.4) is 0 Å². The van der Waals surface area contributed by atoms with E-state index in [-0.39, 0.29) is 4.90 Å². The van der Waals surface area contributed by atoms with Crippen LogP contribution in [0.2, 0.25) is 0 Å². The second-order valence-electron chi connectivity index (χ2n) is 4.81. The molecular formula is C12H17Br2NO2S. The van der Waals surface area contributed by atoms with Crippen molar-refractivity contribution in [3.05, 3.63) is 27.1 Å². The summed E-state index contributed by atoms with van der Waals surface area (Å²) in [4.78, 5) is 0.251. The van der Waals surface area contributed by atoms with Gasteiger partial charge in [-0.2, -0.15) is 0 Å². The normalized spacial score (nSPS) is 12.7. The summed E-state index contributed by atoms with van der Waals surface area (Å²) in [5, 5.41) is 0. The van der Waals surface area contributed by atoms with Gasteiger partial charge < -0.3 is 0 Å². The zero-order valence-corrected chi connectivity index (χ0v) is 14.6. The fourth-order valence-corrected chi connectivity index (χ4v) is 4.72. The van der Waals surface area contributed by atoms with Gasteiger partial charge in [-0.25, -0.2) is 13.1 Å². The predicted octanol–water partition coefficient (Wildman–Crippen LogP) is 4.07. The van der Waals surface area contributed by atoms with Gasteiger partial charge in [-0.15, -0.1) is 0 Å². The van der Waals surface area contributed by atoms with Crippen molar-refractivity contribution in [3.63, 3.8) is 0 Å². The first kappa shape index (κ1) is 16.1. The van der Waals surface area contributed by atoms with Crippen molar-refractivity contribution in [2.75, 3.05) is 0 Å². The molecule has 0 atom stereocenters. The summed E-state index contributed by atoms with van der Waals surface area (Å²) in [7, 11) is -3.52. The molecule has 0 saturated heterocycles. The Balaban J connectivity index is 3.11. The molecule has 0 aromatic heterocycles. The Bertz CT molecular complexity index is 527. The van der Waals surface area contributed by atoms with E-state index in [1.807, 2.05) is 20.8 Å². The first-order chi connectivity index (χ1) is 8.18. The molecule has 6 heteroatoms. The van der Waals surface area contributed by atoms with Crippen molar-refractivity contribution in [2.24, 2.45) is 0 Å². The molecule has 0 saturated carbocycles. The largest absolute Gasteiger partial charge is 0.242 e. The van der Waals surface area contributed by atoms with Crippen LogP contribution in [0.4, 0.5) is 0 Å². The van der Waals surface area contributed by atoms with Crippen LogP contribution in [0.15, 0.2) is 32.0 Å². The lowest BCUT2D eigenvalue weighted by Crippen LogP contribution is -2.43. The third-order valence-corrected chi connectivity index (χ3v) is 5.65. The summed E-state index contributed by atoms with van der Waals surface area (Å²) in [5.41, 5.74) is -0.449. The second-order valence-corrected chi connectivity index (χ2v) is 8.23. The SMILES string of the molecule is CCCC(C)(C)NS(=O)(=O)c1cc(Br)ccc1Br. The zero-order chi connectivity index (χ0) is 14.0. The molecule has 0 radical (unpaired) electrons. The van der Waals surface area contributed by atoms with Crippen LogP contribution < -0.4 is 4.72 Å². The molecule has 1 rings (SSSR count). The average Bonchev–Trinajstić information content (AvgIpc) is 2.19. The highest BCUT2D eigenvalue weighted by Crippen LogP contribution is 2.27. The molecule has 0 spiro atoms. The lowest BCUT2D eigenvalue weighted by Gasteiger charge is -2.25. The smallest absolute Gasteiger partial charge is 0.207 e. The van der Waals surface area contributed by atoms with Crippen LogP contribution in [0, 0.1) is 0 Å². The van der Waals surface area contributed by atoms with E-state index in [1.54, 1.807) is 18.2 Å². The van der Waals surface area contributed by atoms with Gasteiger partial charge in [-0.1, -0.05) is 29.3 Å². The fraction of sp³-hybridized carbons (Fsp3) is 0.500. The minimum atomic E-state index is -3.52. The lowest BCUT2D eigenvalue weighted by atomic mass is 10.0. The van der Waals surface area contributed by atoms with E-state index in [1.165, 1.54) is 0 Å². The molecule has 0 unspecified atom stereocenters. The van der Waals surface area contributed by atoms with Gasteiger partial charge in [0, 0.05) is 14.5 Å². The Kier molecular flexibility index (Phi) is 5.41. The van der Waals surface area contributed by atoms with Crippen LogP contribution in [-0.4, -0.2) is 14.0 Å². The van der Waals surface area contributed by atoms with Gasteiger partial charge in [0.05, 0.1) is 4.90 Å². The van der Waals surface area contributed by atoms with E-state index in [9.17, 15) is 8.42 Å². The topological polar surface area (TPSA) is 46.2 Å². The van der Waals surface area contributed by atoms with Crippen LogP contribution in [0.5, 0.6) is 0 Å². The van der Waals surface area contributed by atoms with E-state index in [2.05, 4.69) is 36.6 Å². The van der Waals surface area contributed by atoms with Crippen LogP contribution in [0.1, 0.15) is 33.6 Å². The number of halogens is 2. The molecule has 3 nitrogen and oxygen atoms in total. The summed E-state index contributed by atoms with van der Waals surface area (Å²) >= 11 is 6.56. The number of benzene rings is 1. The Hall–Kier alpha value is 0.0900. The van der Waals surface area contributed by atoms with Gasteiger partial charge in [0.2, 0.25) is 10.0 Å². The highest BCUT2D eigenvalue weighted by Gasteiger charge is 2.26. The zero-order valence-electron chi connectivity index (χ0n) is 10.6. The van der Waals surface area contributed by atoms with Gasteiger partial charge in [-0.3, -0.25) is 0 Å². The van der Waals surface area contributed by atoms with E-state index in [4.69, 9.17) is 0 Å². The molecule has 1 aromatic rings. The maximum Gasteiger partial charge on any atom is 0.242 e. The Morgan fingerprint density at radius 3 is 2.44 bits per heavy atom. The first-order valence-corrected chi connectivity index (χ1v) is 8.74. The van der Waals surface area contributed by atoms with Crippen molar-refractivity contribution < 1.29 is 8.42 Å². The molecule has 0 amide bonds. The maximum atomic E-state index is 12.3. The lowest BCUT2D eigenvalue weighted by molar-refractivity contribution is 0.417. The molecular weight excluding hydrogens is 382 g/mol. The first-order valence-electron chi connectivity index (χ1n) is 5.67. The highest BCUT2D eigenvalue weighted by molar-refractivity contribution is 9.11. The molecule has 0 aliphatic carbocycles. The highest BCUT2D eigenvalue weighted by atomic mass is 79.9. The van der Waals surface area contributed by atoms with Gasteiger partial charge in [0.25, 0.3) is 0 Å². The van der Waals surface area contributed by atoms with Crippen LogP contribution >= 0.6 is 31.9 Å². The molecule has 0 aliphatic rings. The number of rotatable bonds is 5. The monoisotopic (exact) mass is 397 g/mol. The third-order valence-electron chi connectivity index (χ3n) is 2.47. The minimum Gasteiger partial charge on any atom is -0.207 e. The molecule has 1 aromatic carbocycles. The third kappa shape index (κ3) is 4.33. The van der Waals surface area contributed by atoms with Gasteiger partial charge in [0.15, 0.2) is 0 Å². The summed E-state index contributed by atoms with van der Waals surface area (Å²) in [5.74, 6) is 0. The van der Waals surface area contributed by atoms with Crippen molar-refractivity contribution >= 4 is 41.9 Å². The molecule has 1 N–H and O–H groups in total. The molecule has 0 bridgehead atoms. The Labute approximate surface area is 126 Å². The minimum absolute atomic E-state index is 0.251. The van der Waals surface area contributed by atoms with E-state index < -0.39 is 15.6 Å². The summed E-state index contributed by atoms with van der Waals surface area (Å²) in [6, 6.07) is 5.10. The van der Waals surface area contributed by atoms with Crippen molar-refractivity contribution in [1.29, 1.82) is 0 Å². The van der Waals surface area contributed by atoms with E-state index in [0.29, 0.717) is 4.47 Å². The average molecular weight is 399 g/mol. The van der Waals surface area contributed by atoms with Gasteiger partial charge >= 0.3 is 0 Å². The summed E-state index contributed by atoms with van der Waals surface area (Å²) in [6.45, 7) is 5.81. The molecule has 0 fully saturated rings. The molecule has 0 heterocycles. The summed E-state index contributed by atoms with van der Waals surface area (Å²) in [6.07, 6.45) is 1.72. The van der Waals surface area contributed by atoms with Crippen molar-refractivity contribution in [1.82, 2.24) is 4.72 Å². The number of hydrogen-bond acceptors (Lipinski definition) is 2. The van der Waals surface area contributed by atoms with Gasteiger partial charge in [0.1, 0.15) is 0 Å². The Morgan fingerprint density at radius 2 is 1.89 bits per heavy atom. The summed E-state index contributed by atoms with van der Waals surface area (Å²) < 4.78 is 28.7. The number of hydrogen-bond donors (Lipinski definition) is 1. The number of nitrogens with one attached hydrogen (secondary N) is 1. The standard InChI is InChI=1S/C12H17Br2NO2S/c1-4-7-12(2,3)15-18(16,17)11-8-9(13)5-6-10(11)14/h5-6,8,15H,4,7H2,1-3H3. The van der Waals surface area contributed by atoms with Crippen molar-refractivity contribution in [3.8, 4) is 0 Å². The molecule has 0 aliphatic heterocycles. The predicted molar refractivity (Wildman–Crippen MR) is 81.2 cm³/mol. The van der Waals surface area contributed by atoms with Crippen LogP contribution in [0.25, 0.3) is 0 Å². The molecule has 18 heavy (non-hydrogen) atoms. The second kappa shape index (κ2) is 6.03. The molecule has 102 valence electrons. The van der Waals surface area contributed by atoms with E-state index >= 15 is 0 Å². The fourth-order valence-electron chi connectivity index (χ4n) is 1.78. The van der Waals surface area contributed by atoms with Gasteiger partial charge in [-0.05, 0) is 54.4 Å². The van der Waals surface area contributed by atoms with Crippen molar-refractivity contribution in [2.45, 2.75) is 44.0 Å². The quantitative estimate of drug-likeness (QED) is 0.812. The number of sulfonamides is 1. The van der Waals surface area contributed by atoms with E-state index in [0.717, 1.165) is 17.3 Å². The van der Waals surface area contributed by atoms with Crippen LogP contribution in [-0.2, 0) is 10.0 Å². The Morgan fingerprint density at radius 1 is 1.28 bits per heavy atom.